The molecule has 4 heterocycles. The number of amides is 1. The zero-order valence-electron chi connectivity index (χ0n) is 22.3. The zero-order chi connectivity index (χ0) is 27.7. The minimum Gasteiger partial charge on any atom is -0.435 e. The van der Waals surface area contributed by atoms with Crippen LogP contribution in [0.25, 0.3) is 10.9 Å². The lowest BCUT2D eigenvalue weighted by Gasteiger charge is -2.32. The van der Waals surface area contributed by atoms with Gasteiger partial charge in [-0.05, 0) is 31.7 Å². The van der Waals surface area contributed by atoms with Gasteiger partial charge in [-0.15, -0.1) is 0 Å². The predicted molar refractivity (Wildman–Crippen MR) is 143 cm³/mol. The Kier molecular flexibility index (Phi) is 7.40. The first-order valence-corrected chi connectivity index (χ1v) is 12.5. The fourth-order valence-electron chi connectivity index (χ4n) is 4.45. The molecule has 0 aliphatic carbocycles. The average molecular weight is 537 g/mol. The second kappa shape index (κ2) is 10.9. The van der Waals surface area contributed by atoms with Gasteiger partial charge in [0.05, 0.1) is 5.52 Å². The number of likely N-dealkylation sites (N-methyl/N-ethyl adjacent to an activating group) is 1. The van der Waals surface area contributed by atoms with Gasteiger partial charge < -0.3 is 24.8 Å². The Morgan fingerprint density at radius 2 is 1.90 bits per heavy atom. The van der Waals surface area contributed by atoms with Crippen molar-refractivity contribution in [3.8, 4) is 11.6 Å². The van der Waals surface area contributed by atoms with Crippen molar-refractivity contribution in [3.63, 3.8) is 0 Å². The molecule has 4 aromatic rings. The predicted octanol–water partition coefficient (Wildman–Crippen LogP) is 3.92. The number of nitrogens with zero attached hydrogens (tertiary/aromatic N) is 6. The van der Waals surface area contributed by atoms with Crippen LogP contribution in [-0.2, 0) is 6.54 Å². The van der Waals surface area contributed by atoms with Gasteiger partial charge in [0.1, 0.15) is 17.7 Å². The van der Waals surface area contributed by atoms with E-state index in [9.17, 15) is 9.18 Å². The largest absolute Gasteiger partial charge is 0.435 e. The number of pyridine rings is 1. The molecule has 0 radical (unpaired) electrons. The number of benzene rings is 1. The summed E-state index contributed by atoms with van der Waals surface area (Å²) in [4.78, 5) is 34.7. The first-order valence-electron chi connectivity index (χ1n) is 12.5. The van der Waals surface area contributed by atoms with Gasteiger partial charge in [0.2, 0.25) is 5.88 Å². The number of carbonyl (C=O) groups excluding carboxylic acids is 1. The maximum Gasteiger partial charge on any atom is 0.262 e. The number of piperazine rings is 1. The Labute approximate surface area is 224 Å². The van der Waals surface area contributed by atoms with E-state index in [0.29, 0.717) is 11.5 Å². The van der Waals surface area contributed by atoms with Crippen molar-refractivity contribution in [1.82, 2.24) is 34.6 Å². The number of H-pyrrole nitrogens is 1. The number of aryl methyl sites for hydroxylation is 1. The zero-order valence-corrected chi connectivity index (χ0v) is 22.3. The van der Waals surface area contributed by atoms with Gasteiger partial charge >= 0.3 is 0 Å². The number of aromatic nitrogens is 4. The number of carbonyl (C=O) groups is 1. The van der Waals surface area contributed by atoms with Crippen LogP contribution in [0, 0.1) is 18.6 Å². The third-order valence-electron chi connectivity index (χ3n) is 6.61. The monoisotopic (exact) mass is 536 g/mol. The van der Waals surface area contributed by atoms with E-state index in [1.807, 2.05) is 6.07 Å². The fraction of sp³-hybridized carbons (Fsp3) is 0.333. The van der Waals surface area contributed by atoms with Gasteiger partial charge in [-0.2, -0.15) is 0 Å². The van der Waals surface area contributed by atoms with Crippen LogP contribution in [0.4, 0.5) is 20.4 Å². The molecule has 10 nitrogen and oxygen atoms in total. The Balaban J connectivity index is 1.42. The highest BCUT2D eigenvalue weighted by Crippen LogP contribution is 2.35. The van der Waals surface area contributed by atoms with E-state index in [-0.39, 0.29) is 28.2 Å². The minimum atomic E-state index is -0.773. The maximum atomic E-state index is 15.2. The number of nitrogens with one attached hydrogen (secondary N) is 2. The number of anilines is 2. The van der Waals surface area contributed by atoms with E-state index < -0.39 is 23.3 Å². The van der Waals surface area contributed by atoms with Crippen LogP contribution in [0.15, 0.2) is 36.8 Å². The summed E-state index contributed by atoms with van der Waals surface area (Å²) < 4.78 is 35.6. The second-order valence-corrected chi connectivity index (χ2v) is 9.87. The van der Waals surface area contributed by atoms with Crippen LogP contribution in [0.1, 0.15) is 21.6 Å². The number of rotatable bonds is 7. The number of hydrogen-bond acceptors (Lipinski definition) is 8. The van der Waals surface area contributed by atoms with E-state index in [2.05, 4.69) is 42.1 Å². The first kappa shape index (κ1) is 26.4. The normalized spacial score (nSPS) is 14.5. The Morgan fingerprint density at radius 3 is 2.59 bits per heavy atom. The lowest BCUT2D eigenvalue weighted by molar-refractivity contribution is 0.0825. The topological polar surface area (TPSA) is 103 Å². The van der Waals surface area contributed by atoms with Crippen molar-refractivity contribution < 1.29 is 18.3 Å². The fourth-order valence-corrected chi connectivity index (χ4v) is 4.45. The standard InChI is InChI=1S/C27H30F2N8O2/c1-16-11-18-23(29)20(12-19(28)24(18)33-16)39-26-22(27(38)35(2)3)25(31-15-32-26)34-21-6-5-17(13-30-21)14-37-9-7-36(4)8-10-37/h5-6,11-13,15,33H,7-10,14H2,1-4H3,(H,30,31,32,34). The molecule has 0 bridgehead atoms. The summed E-state index contributed by atoms with van der Waals surface area (Å²) in [6.07, 6.45) is 2.96. The van der Waals surface area contributed by atoms with Crippen molar-refractivity contribution in [1.29, 1.82) is 0 Å². The van der Waals surface area contributed by atoms with Gasteiger partial charge in [-0.1, -0.05) is 6.07 Å². The highest BCUT2D eigenvalue weighted by molar-refractivity contribution is 6.01. The quantitative estimate of drug-likeness (QED) is 0.367. The molecule has 204 valence electrons. The number of fused-ring (bicyclic) bond motifs is 1. The number of hydrogen-bond donors (Lipinski definition) is 2. The second-order valence-electron chi connectivity index (χ2n) is 9.87. The Morgan fingerprint density at radius 1 is 1.13 bits per heavy atom. The molecule has 12 heteroatoms. The van der Waals surface area contributed by atoms with Crippen LogP contribution in [0.3, 0.4) is 0 Å². The van der Waals surface area contributed by atoms with Crippen LogP contribution >= 0.6 is 0 Å². The molecule has 0 spiro atoms. The van der Waals surface area contributed by atoms with E-state index in [1.165, 1.54) is 17.3 Å². The molecule has 1 aliphatic rings. The molecular formula is C27H30F2N8O2. The molecule has 0 atom stereocenters. The lowest BCUT2D eigenvalue weighted by Crippen LogP contribution is -2.43. The summed E-state index contributed by atoms with van der Waals surface area (Å²) in [5.41, 5.74) is 1.65. The van der Waals surface area contributed by atoms with Crippen LogP contribution < -0.4 is 10.1 Å². The number of aromatic amines is 1. The van der Waals surface area contributed by atoms with Gasteiger partial charge in [-0.25, -0.2) is 23.7 Å². The highest BCUT2D eigenvalue weighted by atomic mass is 19.1. The molecular weight excluding hydrogens is 506 g/mol. The smallest absolute Gasteiger partial charge is 0.262 e. The van der Waals surface area contributed by atoms with Crippen LogP contribution in [0.5, 0.6) is 11.6 Å². The first-order chi connectivity index (χ1) is 18.7. The van der Waals surface area contributed by atoms with Crippen LogP contribution in [-0.4, -0.2) is 87.9 Å². The molecule has 1 amide bonds. The molecule has 5 rings (SSSR count). The number of halogens is 2. The van der Waals surface area contributed by atoms with Crippen LogP contribution in [0.2, 0.25) is 0 Å². The van der Waals surface area contributed by atoms with Crippen molar-refractivity contribution in [2.45, 2.75) is 13.5 Å². The molecule has 1 fully saturated rings. The maximum absolute atomic E-state index is 15.2. The SMILES string of the molecule is Cc1cc2c(F)c(Oc3ncnc(Nc4ccc(CN5CCN(C)CC5)cn4)c3C(=O)N(C)C)cc(F)c2[nH]1. The lowest BCUT2D eigenvalue weighted by atomic mass is 10.2. The minimum absolute atomic E-state index is 0.0362. The summed E-state index contributed by atoms with van der Waals surface area (Å²) in [5.74, 6) is -1.99. The van der Waals surface area contributed by atoms with Gasteiger partial charge in [-0.3, -0.25) is 9.69 Å². The Bertz CT molecular complexity index is 1500. The summed E-state index contributed by atoms with van der Waals surface area (Å²) in [7, 11) is 5.24. The summed E-state index contributed by atoms with van der Waals surface area (Å²) in [5, 5.41) is 3.09. The average Bonchev–Trinajstić information content (AvgIpc) is 3.32. The summed E-state index contributed by atoms with van der Waals surface area (Å²) in [6.45, 7) is 6.55. The molecule has 39 heavy (non-hydrogen) atoms. The molecule has 3 aromatic heterocycles. The Hall–Kier alpha value is -4.16. The molecule has 0 saturated carbocycles. The molecule has 1 aliphatic heterocycles. The molecule has 2 N–H and O–H groups in total. The summed E-state index contributed by atoms with van der Waals surface area (Å²) in [6, 6.07) is 6.17. The van der Waals surface area contributed by atoms with E-state index in [0.717, 1.165) is 44.4 Å². The van der Waals surface area contributed by atoms with E-state index in [4.69, 9.17) is 4.74 Å². The van der Waals surface area contributed by atoms with Gasteiger partial charge in [0.15, 0.2) is 23.2 Å². The van der Waals surface area contributed by atoms with E-state index >= 15 is 4.39 Å². The van der Waals surface area contributed by atoms with E-state index in [1.54, 1.807) is 33.3 Å². The summed E-state index contributed by atoms with van der Waals surface area (Å²) >= 11 is 0. The molecule has 0 unspecified atom stereocenters. The van der Waals surface area contributed by atoms with Crippen molar-refractivity contribution in [2.24, 2.45) is 0 Å². The third-order valence-corrected chi connectivity index (χ3v) is 6.61. The van der Waals surface area contributed by atoms with Crippen molar-refractivity contribution in [2.75, 3.05) is 52.6 Å². The highest BCUT2D eigenvalue weighted by Gasteiger charge is 2.25. The molecule has 1 aromatic carbocycles. The van der Waals surface area contributed by atoms with Gasteiger partial charge in [0, 0.05) is 70.2 Å². The molecule has 1 saturated heterocycles. The number of ether oxygens (including phenoxy) is 1. The third kappa shape index (κ3) is 5.66. The van der Waals surface area contributed by atoms with Crippen molar-refractivity contribution >= 4 is 28.4 Å². The van der Waals surface area contributed by atoms with Gasteiger partial charge in [0.25, 0.3) is 5.91 Å². The van der Waals surface area contributed by atoms with Crippen molar-refractivity contribution in [3.05, 3.63) is 65.2 Å².